The van der Waals surface area contributed by atoms with Crippen LogP contribution in [-0.2, 0) is 4.79 Å². The molecule has 10 heavy (non-hydrogen) atoms. The third kappa shape index (κ3) is 5.33. The second-order valence-corrected chi connectivity index (χ2v) is 2.32. The molecule has 0 aromatic rings. The smallest absolute Gasteiger partial charge is 0.205 e. The molecule has 2 heteroatoms. The Balaban J connectivity index is 3.59. The van der Waals surface area contributed by atoms with Crippen molar-refractivity contribution in [2.24, 2.45) is 0 Å². The number of hydrogen-bond donors (Lipinski definition) is 0. The van der Waals surface area contributed by atoms with E-state index in [0.717, 1.165) is 0 Å². The molecule has 0 spiro atoms. The number of carbonyl (C=O) groups excluding carboxylic acids is 1. The molecule has 0 saturated heterocycles. The predicted molar refractivity (Wildman–Crippen MR) is 41.6 cm³/mol. The fraction of sp³-hybridized carbons (Fsp3) is 0.625. The molecule has 0 saturated carbocycles. The van der Waals surface area contributed by atoms with E-state index >= 15 is 0 Å². The van der Waals surface area contributed by atoms with E-state index in [4.69, 9.17) is 0 Å². The highest BCUT2D eigenvalue weighted by molar-refractivity contribution is 5.95. The number of ketones is 1. The summed E-state index contributed by atoms with van der Waals surface area (Å²) in [4.78, 5) is 12.5. The maximum absolute atomic E-state index is 10.6. The molecular weight excluding hydrogens is 126 g/mol. The molecule has 0 bridgehead atoms. The fourth-order valence-corrected chi connectivity index (χ4v) is 0.385. The first-order valence-corrected chi connectivity index (χ1v) is 3.33. The van der Waals surface area contributed by atoms with Crippen LogP contribution in [0.3, 0.4) is 0 Å². The van der Waals surface area contributed by atoms with E-state index in [2.05, 4.69) is 11.8 Å². The lowest BCUT2D eigenvalue weighted by Gasteiger charge is -2.00. The van der Waals surface area contributed by atoms with Crippen molar-refractivity contribution in [3.8, 4) is 11.8 Å². The summed E-state index contributed by atoms with van der Waals surface area (Å²) in [6, 6.07) is 0. The zero-order valence-electron chi connectivity index (χ0n) is 6.77. The van der Waals surface area contributed by atoms with Gasteiger partial charge < -0.3 is 0 Å². The molecule has 56 valence electrons. The van der Waals surface area contributed by atoms with Gasteiger partial charge in [0.05, 0.1) is 6.54 Å². The summed E-state index contributed by atoms with van der Waals surface area (Å²) in [6.07, 6.45) is 0.514. The van der Waals surface area contributed by atoms with Gasteiger partial charge in [-0.05, 0) is 20.0 Å². The van der Waals surface area contributed by atoms with Crippen LogP contribution in [0.2, 0.25) is 0 Å². The first kappa shape index (κ1) is 9.19. The molecule has 0 aliphatic heterocycles. The molecule has 0 fully saturated rings. The van der Waals surface area contributed by atoms with Crippen molar-refractivity contribution in [3.63, 3.8) is 0 Å². The highest BCUT2D eigenvalue weighted by atomic mass is 16.1. The van der Waals surface area contributed by atoms with Crippen LogP contribution >= 0.6 is 0 Å². The van der Waals surface area contributed by atoms with E-state index in [1.54, 1.807) is 0 Å². The van der Waals surface area contributed by atoms with Gasteiger partial charge in [0, 0.05) is 6.42 Å². The summed E-state index contributed by atoms with van der Waals surface area (Å²) in [6.45, 7) is 2.47. The maximum Gasteiger partial charge on any atom is 0.205 e. The van der Waals surface area contributed by atoms with Crippen molar-refractivity contribution in [3.05, 3.63) is 0 Å². The molecule has 0 amide bonds. The summed E-state index contributed by atoms with van der Waals surface area (Å²) < 4.78 is 0. The van der Waals surface area contributed by atoms with Gasteiger partial charge >= 0.3 is 0 Å². The van der Waals surface area contributed by atoms with E-state index in [0.29, 0.717) is 13.0 Å². The van der Waals surface area contributed by atoms with Gasteiger partial charge in [-0.15, -0.1) is 0 Å². The van der Waals surface area contributed by atoms with Gasteiger partial charge in [0.2, 0.25) is 5.78 Å². The summed E-state index contributed by atoms with van der Waals surface area (Å²) in [7, 11) is 3.84. The number of Topliss-reactive ketones (excluding diaryl/α,β-unsaturated/α-hetero) is 1. The predicted octanol–water partition coefficient (Wildman–Crippen LogP) is 0.530. The normalized spacial score (nSPS) is 8.80. The van der Waals surface area contributed by atoms with Crippen LogP contribution < -0.4 is 0 Å². The minimum Gasteiger partial charge on any atom is -0.299 e. The Morgan fingerprint density at radius 1 is 1.50 bits per heavy atom. The van der Waals surface area contributed by atoms with E-state index in [1.165, 1.54) is 0 Å². The lowest BCUT2D eigenvalue weighted by atomic mass is 10.3. The van der Waals surface area contributed by atoms with Crippen LogP contribution in [0.15, 0.2) is 0 Å². The van der Waals surface area contributed by atoms with Gasteiger partial charge in [0.1, 0.15) is 0 Å². The Bertz CT molecular complexity index is 162. The molecule has 0 aliphatic rings. The average molecular weight is 139 g/mol. The number of nitrogens with zero attached hydrogens (tertiary/aromatic N) is 1. The van der Waals surface area contributed by atoms with Crippen molar-refractivity contribution < 1.29 is 4.79 Å². The second-order valence-electron chi connectivity index (χ2n) is 2.32. The standard InChI is InChI=1S/C8H13NO/c1-4-8(10)6-5-7-9(2)3/h4,7H2,1-3H3. The van der Waals surface area contributed by atoms with E-state index < -0.39 is 0 Å². The number of carbonyl (C=O) groups is 1. The van der Waals surface area contributed by atoms with Gasteiger partial charge in [-0.3, -0.25) is 9.69 Å². The summed E-state index contributed by atoms with van der Waals surface area (Å²) >= 11 is 0. The quantitative estimate of drug-likeness (QED) is 0.411. The van der Waals surface area contributed by atoms with Crippen molar-refractivity contribution in [1.29, 1.82) is 0 Å². The van der Waals surface area contributed by atoms with E-state index in [-0.39, 0.29) is 5.78 Å². The van der Waals surface area contributed by atoms with Crippen molar-refractivity contribution in [1.82, 2.24) is 4.90 Å². The summed E-state index contributed by atoms with van der Waals surface area (Å²) in [5, 5.41) is 0. The minimum atomic E-state index is 0.0156. The molecule has 0 atom stereocenters. The molecule has 0 N–H and O–H groups in total. The molecule has 0 radical (unpaired) electrons. The van der Waals surface area contributed by atoms with Crippen LogP contribution in [0, 0.1) is 11.8 Å². The zero-order chi connectivity index (χ0) is 7.98. The van der Waals surface area contributed by atoms with Crippen LogP contribution in [0.4, 0.5) is 0 Å². The lowest BCUT2D eigenvalue weighted by Crippen LogP contribution is -2.11. The lowest BCUT2D eigenvalue weighted by molar-refractivity contribution is -0.113. The van der Waals surface area contributed by atoms with Gasteiger partial charge in [-0.1, -0.05) is 12.8 Å². The highest BCUT2D eigenvalue weighted by Crippen LogP contribution is 1.76. The molecule has 2 nitrogen and oxygen atoms in total. The van der Waals surface area contributed by atoms with Gasteiger partial charge in [-0.2, -0.15) is 0 Å². The fourth-order valence-electron chi connectivity index (χ4n) is 0.385. The minimum absolute atomic E-state index is 0.0156. The van der Waals surface area contributed by atoms with Gasteiger partial charge in [-0.25, -0.2) is 0 Å². The third-order valence-electron chi connectivity index (χ3n) is 0.944. The topological polar surface area (TPSA) is 20.3 Å². The Hall–Kier alpha value is -0.810. The Labute approximate surface area is 62.2 Å². The summed E-state index contributed by atoms with van der Waals surface area (Å²) in [5.41, 5.74) is 0. The first-order chi connectivity index (χ1) is 4.66. The molecule has 0 aromatic carbocycles. The van der Waals surface area contributed by atoms with E-state index in [9.17, 15) is 4.79 Å². The first-order valence-electron chi connectivity index (χ1n) is 3.33. The zero-order valence-corrected chi connectivity index (χ0v) is 6.77. The number of hydrogen-bond acceptors (Lipinski definition) is 2. The number of rotatable bonds is 2. The van der Waals surface area contributed by atoms with Gasteiger partial charge in [0.15, 0.2) is 0 Å². The molecule has 0 aromatic heterocycles. The molecule has 0 rings (SSSR count). The SMILES string of the molecule is CCC(=O)C#CCN(C)C. The van der Waals surface area contributed by atoms with Crippen LogP contribution in [0.25, 0.3) is 0 Å². The molecular formula is C8H13NO. The van der Waals surface area contributed by atoms with Crippen LogP contribution in [0.1, 0.15) is 13.3 Å². The van der Waals surface area contributed by atoms with E-state index in [1.807, 2.05) is 25.9 Å². The van der Waals surface area contributed by atoms with Crippen molar-refractivity contribution in [2.45, 2.75) is 13.3 Å². The maximum atomic E-state index is 10.6. The Morgan fingerprint density at radius 2 is 2.10 bits per heavy atom. The molecule has 0 heterocycles. The van der Waals surface area contributed by atoms with Crippen molar-refractivity contribution in [2.75, 3.05) is 20.6 Å². The Morgan fingerprint density at radius 3 is 2.50 bits per heavy atom. The Kier molecular flexibility index (Phi) is 4.61. The van der Waals surface area contributed by atoms with Gasteiger partial charge in [0.25, 0.3) is 0 Å². The monoisotopic (exact) mass is 139 g/mol. The van der Waals surface area contributed by atoms with Crippen molar-refractivity contribution >= 4 is 5.78 Å². The van der Waals surface area contributed by atoms with Crippen LogP contribution in [0.5, 0.6) is 0 Å². The largest absolute Gasteiger partial charge is 0.299 e. The average Bonchev–Trinajstić information content (AvgIpc) is 1.87. The summed E-state index contributed by atoms with van der Waals surface area (Å²) in [5.74, 6) is 5.31. The molecule has 0 aliphatic carbocycles. The van der Waals surface area contributed by atoms with Crippen LogP contribution in [-0.4, -0.2) is 31.3 Å². The third-order valence-corrected chi connectivity index (χ3v) is 0.944. The second kappa shape index (κ2) is 5.01. The molecule has 0 unspecified atom stereocenters. The highest BCUT2D eigenvalue weighted by Gasteiger charge is 1.87.